The first-order chi connectivity index (χ1) is 35.7. The summed E-state index contributed by atoms with van der Waals surface area (Å²) < 4.78 is 12.7. The number of hydrogen-bond donors (Lipinski definition) is 0. The van der Waals surface area contributed by atoms with E-state index in [0.29, 0.717) is 17.5 Å². The molecule has 3 heterocycles. The Morgan fingerprint density at radius 3 is 0.986 bits per heavy atom. The van der Waals surface area contributed by atoms with E-state index in [9.17, 15) is 0 Å². The fourth-order valence-electron chi connectivity index (χ4n) is 10.6. The van der Waals surface area contributed by atoms with Crippen LogP contribution in [0.3, 0.4) is 0 Å². The van der Waals surface area contributed by atoms with Gasteiger partial charge in [-0.25, -0.2) is 15.0 Å². The molecule has 7 heteroatoms. The summed E-state index contributed by atoms with van der Waals surface area (Å²) in [6.07, 6.45) is 1.56. The molecule has 0 atom stereocenters. The Labute approximate surface area is 417 Å². The SMILES string of the molecule is c1ccc2c(c1)Cc1ccccc1-c1ccc(-c3nc(-c4ccc(N5c6ccccc6Oc6ccccc65)cc4)nc(-c4ccc(N5c6ccccc6Oc6ccccc65)cc4)n3)cc1Cc1ccccc1-2. The molecule has 0 amide bonds. The monoisotopic (exact) mass is 925 g/mol. The molecule has 1 aromatic heterocycles. The number of anilines is 6. The zero-order chi connectivity index (χ0) is 47.5. The lowest BCUT2D eigenvalue weighted by molar-refractivity contribution is 0.477. The summed E-state index contributed by atoms with van der Waals surface area (Å²) >= 11 is 0. The van der Waals surface area contributed by atoms with Gasteiger partial charge in [0.05, 0.1) is 22.7 Å². The summed E-state index contributed by atoms with van der Waals surface area (Å²) in [5, 5.41) is 0. The van der Waals surface area contributed by atoms with E-state index in [4.69, 9.17) is 24.4 Å². The van der Waals surface area contributed by atoms with E-state index in [1.807, 2.05) is 72.8 Å². The van der Waals surface area contributed by atoms with Gasteiger partial charge in [0.1, 0.15) is 0 Å². The van der Waals surface area contributed by atoms with Crippen LogP contribution < -0.4 is 19.3 Å². The number of aromatic nitrogens is 3. The number of ether oxygens (including phenoxy) is 2. The highest BCUT2D eigenvalue weighted by molar-refractivity contribution is 5.89. The molecule has 340 valence electrons. The van der Waals surface area contributed by atoms with Crippen LogP contribution in [0, 0.1) is 0 Å². The van der Waals surface area contributed by atoms with Gasteiger partial charge >= 0.3 is 0 Å². The third-order valence-corrected chi connectivity index (χ3v) is 14.0. The minimum absolute atomic E-state index is 0.580. The van der Waals surface area contributed by atoms with E-state index >= 15 is 0 Å². The maximum Gasteiger partial charge on any atom is 0.164 e. The Hall–Kier alpha value is -9.59. The summed E-state index contributed by atoms with van der Waals surface area (Å²) in [4.78, 5) is 20.4. The molecule has 0 saturated carbocycles. The molecule has 0 radical (unpaired) electrons. The normalized spacial score (nSPS) is 12.8. The van der Waals surface area contributed by atoms with Crippen molar-refractivity contribution in [2.45, 2.75) is 12.8 Å². The van der Waals surface area contributed by atoms with Crippen molar-refractivity contribution < 1.29 is 9.47 Å². The second-order valence-corrected chi connectivity index (χ2v) is 18.3. The molecule has 0 N–H and O–H groups in total. The summed E-state index contributed by atoms with van der Waals surface area (Å²) in [5.41, 5.74) is 18.6. The fraction of sp³-hybridized carbons (Fsp3) is 0.0308. The van der Waals surface area contributed by atoms with Crippen molar-refractivity contribution in [1.82, 2.24) is 15.0 Å². The predicted molar refractivity (Wildman–Crippen MR) is 289 cm³/mol. The largest absolute Gasteiger partial charge is 0.453 e. The van der Waals surface area contributed by atoms with Crippen LogP contribution in [0.4, 0.5) is 34.1 Å². The number of nitrogens with zero attached hydrogens (tertiary/aromatic N) is 5. The molecule has 1 aliphatic carbocycles. The standard InChI is InChI=1S/C65H43N5O2/c1-4-18-51-44(15-1)39-45-16-2-6-20-53(45)54-38-33-47(41-48(54)40-46-17-3-5-19-52(46)51)65-67-63(42-29-34-49(35-30-42)69-55-21-7-11-25-59(55)71-60-26-12-8-22-56(60)69)66-64(68-65)43-31-36-50(37-32-43)70-57-23-9-13-27-61(57)72-62-28-14-10-24-58(62)70/h1-38,41H,39-40H2. The van der Waals surface area contributed by atoms with Crippen LogP contribution in [0.1, 0.15) is 22.3 Å². The van der Waals surface area contributed by atoms with Gasteiger partial charge < -0.3 is 19.3 Å². The average Bonchev–Trinajstić information content (AvgIpc) is 3.44. The van der Waals surface area contributed by atoms with Gasteiger partial charge in [0, 0.05) is 28.1 Å². The van der Waals surface area contributed by atoms with Crippen LogP contribution in [-0.4, -0.2) is 15.0 Å². The van der Waals surface area contributed by atoms with Crippen LogP contribution in [0.5, 0.6) is 23.0 Å². The molecule has 14 rings (SSSR count). The highest BCUT2D eigenvalue weighted by Gasteiger charge is 2.28. The van der Waals surface area contributed by atoms with Crippen LogP contribution in [-0.2, 0) is 12.8 Å². The van der Waals surface area contributed by atoms with Gasteiger partial charge in [-0.05, 0) is 160 Å². The average molecular weight is 926 g/mol. The van der Waals surface area contributed by atoms with Crippen LogP contribution >= 0.6 is 0 Å². The minimum atomic E-state index is 0.580. The minimum Gasteiger partial charge on any atom is -0.453 e. The summed E-state index contributed by atoms with van der Waals surface area (Å²) in [6, 6.07) is 82.8. The molecule has 0 unspecified atom stereocenters. The van der Waals surface area contributed by atoms with E-state index < -0.39 is 0 Å². The van der Waals surface area contributed by atoms with Crippen LogP contribution in [0.2, 0.25) is 0 Å². The molecule has 2 aliphatic heterocycles. The molecule has 11 aromatic rings. The number of para-hydroxylation sites is 8. The van der Waals surface area contributed by atoms with Gasteiger partial charge in [-0.15, -0.1) is 0 Å². The number of rotatable bonds is 5. The van der Waals surface area contributed by atoms with E-state index in [-0.39, 0.29) is 0 Å². The van der Waals surface area contributed by atoms with Crippen molar-refractivity contribution in [2.24, 2.45) is 0 Å². The Balaban J connectivity index is 0.904. The van der Waals surface area contributed by atoms with Gasteiger partial charge in [0.2, 0.25) is 0 Å². The van der Waals surface area contributed by atoms with E-state index in [1.165, 1.54) is 44.5 Å². The molecular formula is C65H43N5O2. The third kappa shape index (κ3) is 7.17. The first-order valence-corrected chi connectivity index (χ1v) is 24.3. The van der Waals surface area contributed by atoms with E-state index in [1.54, 1.807) is 0 Å². The lowest BCUT2D eigenvalue weighted by Crippen LogP contribution is -2.15. The maximum absolute atomic E-state index is 6.34. The lowest BCUT2D eigenvalue weighted by Gasteiger charge is -2.32. The highest BCUT2D eigenvalue weighted by Crippen LogP contribution is 2.52. The molecule has 0 spiro atoms. The highest BCUT2D eigenvalue weighted by atomic mass is 16.5. The van der Waals surface area contributed by atoms with Crippen molar-refractivity contribution in [1.29, 1.82) is 0 Å². The maximum atomic E-state index is 6.34. The number of hydrogen-bond acceptors (Lipinski definition) is 7. The van der Waals surface area contributed by atoms with Gasteiger partial charge in [0.25, 0.3) is 0 Å². The molecular weight excluding hydrogens is 883 g/mol. The summed E-state index contributed by atoms with van der Waals surface area (Å²) in [6.45, 7) is 0. The van der Waals surface area contributed by atoms with Gasteiger partial charge in [0.15, 0.2) is 40.5 Å². The summed E-state index contributed by atoms with van der Waals surface area (Å²) in [5.74, 6) is 4.98. The van der Waals surface area contributed by atoms with E-state index in [0.717, 1.165) is 86.7 Å². The summed E-state index contributed by atoms with van der Waals surface area (Å²) in [7, 11) is 0. The number of fused-ring (bicyclic) bond motifs is 10. The molecule has 72 heavy (non-hydrogen) atoms. The van der Waals surface area contributed by atoms with Crippen molar-refractivity contribution in [3.8, 4) is 79.4 Å². The quantitative estimate of drug-likeness (QED) is 0.170. The van der Waals surface area contributed by atoms with Crippen LogP contribution in [0.15, 0.2) is 237 Å². The molecule has 3 aliphatic rings. The molecule has 0 fully saturated rings. The van der Waals surface area contributed by atoms with Crippen LogP contribution in [0.25, 0.3) is 56.4 Å². The smallest absolute Gasteiger partial charge is 0.164 e. The Morgan fingerprint density at radius 2 is 0.583 bits per heavy atom. The first-order valence-electron chi connectivity index (χ1n) is 24.3. The van der Waals surface area contributed by atoms with E-state index in [2.05, 4.69) is 174 Å². The second kappa shape index (κ2) is 17.1. The Bertz CT molecular complexity index is 3660. The van der Waals surface area contributed by atoms with Crippen molar-refractivity contribution >= 4 is 34.1 Å². The molecule has 0 bridgehead atoms. The van der Waals surface area contributed by atoms with Gasteiger partial charge in [-0.3, -0.25) is 0 Å². The van der Waals surface area contributed by atoms with Crippen molar-refractivity contribution in [3.63, 3.8) is 0 Å². The van der Waals surface area contributed by atoms with Gasteiger partial charge in [-0.2, -0.15) is 0 Å². The molecule has 7 nitrogen and oxygen atoms in total. The zero-order valence-electron chi connectivity index (χ0n) is 39.0. The van der Waals surface area contributed by atoms with Crippen molar-refractivity contribution in [3.05, 3.63) is 259 Å². The first kappa shape index (κ1) is 41.4. The fourth-order valence-corrected chi connectivity index (χ4v) is 10.6. The predicted octanol–water partition coefficient (Wildman–Crippen LogP) is 16.9. The van der Waals surface area contributed by atoms with Crippen molar-refractivity contribution in [2.75, 3.05) is 9.80 Å². The molecule has 0 saturated heterocycles. The topological polar surface area (TPSA) is 63.6 Å². The lowest BCUT2D eigenvalue weighted by atomic mass is 9.83. The zero-order valence-corrected chi connectivity index (χ0v) is 39.0. The Morgan fingerprint density at radius 1 is 0.278 bits per heavy atom. The second-order valence-electron chi connectivity index (χ2n) is 18.3. The third-order valence-electron chi connectivity index (χ3n) is 14.0. The molecule has 10 aromatic carbocycles. The van der Waals surface area contributed by atoms with Gasteiger partial charge in [-0.1, -0.05) is 133 Å². The Kier molecular flexibility index (Phi) is 9.84. The number of benzene rings is 10.